The number of nitrogens with two attached hydrogens (primary N) is 1. The zero-order chi connectivity index (χ0) is 19.1. The standard InChI is InChI=1S/C13H15F3N6O4/c14-13(15,16)11(25)18-3-12(1-6(24)7(2-23)26-12)22-5-21-8-9(17)19-4-20-10(8)22/h4-7,23-24H,1-3H2,(H,18,25)(H2,17,19,20)/t6-,7+,12-/m0/s1. The minimum atomic E-state index is -5.08. The van der Waals surface area contributed by atoms with Crippen LogP contribution < -0.4 is 11.1 Å². The van der Waals surface area contributed by atoms with E-state index in [0.29, 0.717) is 0 Å². The molecule has 3 rings (SSSR count). The Morgan fingerprint density at radius 2 is 2.19 bits per heavy atom. The molecule has 0 unspecified atom stereocenters. The summed E-state index contributed by atoms with van der Waals surface area (Å²) in [6, 6.07) is 0. The normalized spacial score (nSPS) is 26.3. The fourth-order valence-electron chi connectivity index (χ4n) is 2.85. The summed E-state index contributed by atoms with van der Waals surface area (Å²) in [5.74, 6) is -2.12. The lowest BCUT2D eigenvalue weighted by Crippen LogP contribution is -2.48. The molecule has 3 atom stereocenters. The predicted octanol–water partition coefficient (Wildman–Crippen LogP) is -1.12. The number of fused-ring (bicyclic) bond motifs is 1. The molecule has 0 aromatic carbocycles. The smallest absolute Gasteiger partial charge is 0.394 e. The van der Waals surface area contributed by atoms with Gasteiger partial charge in [-0.05, 0) is 0 Å². The third kappa shape index (κ3) is 3.04. The summed E-state index contributed by atoms with van der Waals surface area (Å²) in [6.07, 6.45) is -5.20. The Bertz CT molecular complexity index is 828. The van der Waals surface area contributed by atoms with Crippen molar-refractivity contribution >= 4 is 22.9 Å². The number of nitrogens with one attached hydrogen (secondary N) is 1. The van der Waals surface area contributed by atoms with Crippen molar-refractivity contribution in [2.75, 3.05) is 18.9 Å². The number of imidazole rings is 1. The lowest BCUT2D eigenvalue weighted by molar-refractivity contribution is -0.176. The number of nitrogen functional groups attached to an aromatic ring is 1. The second-order valence-corrected chi connectivity index (χ2v) is 5.78. The minimum absolute atomic E-state index is 0.0421. The van der Waals surface area contributed by atoms with Gasteiger partial charge in [0.2, 0.25) is 0 Å². The van der Waals surface area contributed by atoms with Crippen LogP contribution in [0.15, 0.2) is 12.7 Å². The largest absolute Gasteiger partial charge is 0.471 e. The van der Waals surface area contributed by atoms with Crippen LogP contribution in [0.25, 0.3) is 11.2 Å². The number of amides is 1. The number of aliphatic hydroxyl groups excluding tert-OH is 2. The molecule has 1 saturated heterocycles. The Kier molecular flexibility index (Phi) is 4.46. The van der Waals surface area contributed by atoms with Crippen molar-refractivity contribution in [2.24, 2.45) is 0 Å². The van der Waals surface area contributed by atoms with E-state index in [0.717, 1.165) is 6.33 Å². The van der Waals surface area contributed by atoms with Crippen LogP contribution >= 0.6 is 0 Å². The third-order valence-electron chi connectivity index (χ3n) is 4.09. The lowest BCUT2D eigenvalue weighted by atomic mass is 10.1. The van der Waals surface area contributed by atoms with Crippen LogP contribution in [-0.4, -0.2) is 67.2 Å². The Labute approximate surface area is 143 Å². The van der Waals surface area contributed by atoms with E-state index < -0.39 is 43.2 Å². The second kappa shape index (κ2) is 6.34. The molecule has 1 fully saturated rings. The topological polar surface area (TPSA) is 148 Å². The number of aromatic nitrogens is 4. The number of anilines is 1. The number of halogens is 3. The van der Waals surface area contributed by atoms with E-state index in [4.69, 9.17) is 10.5 Å². The van der Waals surface area contributed by atoms with Gasteiger partial charge in [0.25, 0.3) is 0 Å². The molecule has 13 heteroatoms. The Morgan fingerprint density at radius 3 is 2.81 bits per heavy atom. The molecule has 0 bridgehead atoms. The fourth-order valence-corrected chi connectivity index (χ4v) is 2.85. The van der Waals surface area contributed by atoms with Gasteiger partial charge in [-0.3, -0.25) is 9.36 Å². The van der Waals surface area contributed by atoms with E-state index >= 15 is 0 Å². The number of rotatable bonds is 4. The highest BCUT2D eigenvalue weighted by molar-refractivity contribution is 5.82. The summed E-state index contributed by atoms with van der Waals surface area (Å²) in [5, 5.41) is 21.1. The zero-order valence-corrected chi connectivity index (χ0v) is 13.1. The molecule has 0 aliphatic carbocycles. The first kappa shape index (κ1) is 18.3. The molecule has 1 aliphatic rings. The highest BCUT2D eigenvalue weighted by atomic mass is 19.4. The molecule has 26 heavy (non-hydrogen) atoms. The second-order valence-electron chi connectivity index (χ2n) is 5.78. The molecule has 3 heterocycles. The van der Waals surface area contributed by atoms with E-state index in [9.17, 15) is 28.2 Å². The van der Waals surface area contributed by atoms with Gasteiger partial charge >= 0.3 is 12.1 Å². The van der Waals surface area contributed by atoms with E-state index in [1.165, 1.54) is 10.9 Å². The Hall–Kier alpha value is -2.51. The monoisotopic (exact) mass is 376 g/mol. The molecule has 0 radical (unpaired) electrons. The van der Waals surface area contributed by atoms with Gasteiger partial charge in [-0.15, -0.1) is 0 Å². The summed E-state index contributed by atoms with van der Waals surface area (Å²) in [6.45, 7) is -1.21. The highest BCUT2D eigenvalue weighted by Gasteiger charge is 2.49. The van der Waals surface area contributed by atoms with Gasteiger partial charge in [0.15, 0.2) is 17.2 Å². The van der Waals surface area contributed by atoms with Crippen molar-refractivity contribution in [3.8, 4) is 0 Å². The van der Waals surface area contributed by atoms with Gasteiger partial charge in [-0.2, -0.15) is 13.2 Å². The molecule has 142 valence electrons. The average Bonchev–Trinajstić information content (AvgIpc) is 3.14. The van der Waals surface area contributed by atoms with E-state index in [1.807, 2.05) is 0 Å². The van der Waals surface area contributed by atoms with Crippen molar-refractivity contribution in [1.82, 2.24) is 24.8 Å². The zero-order valence-electron chi connectivity index (χ0n) is 13.1. The number of alkyl halides is 3. The number of nitrogens with zero attached hydrogens (tertiary/aromatic N) is 4. The van der Waals surface area contributed by atoms with E-state index in [1.54, 1.807) is 5.32 Å². The van der Waals surface area contributed by atoms with Crippen LogP contribution in [0, 0.1) is 0 Å². The van der Waals surface area contributed by atoms with Crippen LogP contribution in [0.3, 0.4) is 0 Å². The molecule has 2 aromatic rings. The van der Waals surface area contributed by atoms with Crippen molar-refractivity contribution in [3.05, 3.63) is 12.7 Å². The molecular formula is C13H15F3N6O4. The summed E-state index contributed by atoms with van der Waals surface area (Å²) in [5.41, 5.74) is 4.37. The fraction of sp³-hybridized carbons (Fsp3) is 0.538. The van der Waals surface area contributed by atoms with Crippen LogP contribution in [0.5, 0.6) is 0 Å². The van der Waals surface area contributed by atoms with Crippen LogP contribution in [0.1, 0.15) is 6.42 Å². The maximum absolute atomic E-state index is 12.5. The van der Waals surface area contributed by atoms with Crippen molar-refractivity contribution in [1.29, 1.82) is 0 Å². The van der Waals surface area contributed by atoms with Gasteiger partial charge in [-0.1, -0.05) is 0 Å². The predicted molar refractivity (Wildman–Crippen MR) is 79.4 cm³/mol. The summed E-state index contributed by atoms with van der Waals surface area (Å²) >= 11 is 0. The Balaban J connectivity index is 2.01. The van der Waals surface area contributed by atoms with Crippen molar-refractivity contribution < 1.29 is 32.9 Å². The number of hydrogen-bond acceptors (Lipinski definition) is 8. The third-order valence-corrected chi connectivity index (χ3v) is 4.09. The van der Waals surface area contributed by atoms with Crippen LogP contribution in [0.2, 0.25) is 0 Å². The maximum atomic E-state index is 12.5. The first-order chi connectivity index (χ1) is 12.2. The first-order valence-electron chi connectivity index (χ1n) is 7.44. The van der Waals surface area contributed by atoms with Gasteiger partial charge < -0.3 is 26.0 Å². The summed E-state index contributed by atoms with van der Waals surface area (Å²) < 4.78 is 44.4. The summed E-state index contributed by atoms with van der Waals surface area (Å²) in [4.78, 5) is 23.0. The molecule has 5 N–H and O–H groups in total. The van der Waals surface area contributed by atoms with E-state index in [-0.39, 0.29) is 23.4 Å². The molecule has 2 aromatic heterocycles. The molecule has 1 amide bonds. The molecule has 0 spiro atoms. The van der Waals surface area contributed by atoms with Crippen LogP contribution in [0.4, 0.5) is 19.0 Å². The average molecular weight is 376 g/mol. The van der Waals surface area contributed by atoms with Crippen LogP contribution in [-0.2, 0) is 15.3 Å². The minimum Gasteiger partial charge on any atom is -0.394 e. The number of ether oxygens (including phenoxy) is 1. The molecule has 10 nitrogen and oxygen atoms in total. The van der Waals surface area contributed by atoms with Gasteiger partial charge in [-0.25, -0.2) is 15.0 Å². The Morgan fingerprint density at radius 1 is 1.46 bits per heavy atom. The van der Waals surface area contributed by atoms with Gasteiger partial charge in [0.05, 0.1) is 25.6 Å². The first-order valence-corrected chi connectivity index (χ1v) is 7.44. The van der Waals surface area contributed by atoms with Gasteiger partial charge in [0, 0.05) is 6.42 Å². The maximum Gasteiger partial charge on any atom is 0.471 e. The molecular weight excluding hydrogens is 361 g/mol. The number of carbonyl (C=O) groups excluding carboxylic acids is 1. The highest BCUT2D eigenvalue weighted by Crippen LogP contribution is 2.37. The number of aliphatic hydroxyl groups is 2. The SMILES string of the molecule is Nc1ncnc2c1ncn2[C@@]1(CNC(=O)C(F)(F)F)C[C@H](O)[C@@H](CO)O1. The quantitative estimate of drug-likeness (QED) is 0.524. The number of carbonyl (C=O) groups is 1. The van der Waals surface area contributed by atoms with Gasteiger partial charge in [0.1, 0.15) is 17.9 Å². The molecule has 0 saturated carbocycles. The molecule has 1 aliphatic heterocycles. The lowest BCUT2D eigenvalue weighted by Gasteiger charge is -2.31. The van der Waals surface area contributed by atoms with Crippen molar-refractivity contribution in [3.63, 3.8) is 0 Å². The number of hydrogen-bond donors (Lipinski definition) is 4. The summed E-state index contributed by atoms with van der Waals surface area (Å²) in [7, 11) is 0. The van der Waals surface area contributed by atoms with Crippen molar-refractivity contribution in [2.45, 2.75) is 30.5 Å². The van der Waals surface area contributed by atoms with E-state index in [2.05, 4.69) is 15.0 Å².